The summed E-state index contributed by atoms with van der Waals surface area (Å²) in [6, 6.07) is 0. The van der Waals surface area contributed by atoms with E-state index in [1.807, 2.05) is 0 Å². The molecule has 1 amide bonds. The molecule has 1 aliphatic heterocycles. The Hall–Kier alpha value is -2.30. The highest BCUT2D eigenvalue weighted by atomic mass is 16.6. The predicted octanol–water partition coefficient (Wildman–Crippen LogP) is -2.23. The van der Waals surface area contributed by atoms with Gasteiger partial charge in [0.05, 0.1) is 6.33 Å². The van der Waals surface area contributed by atoms with Crippen LogP contribution in [0.25, 0.3) is 11.2 Å². The number of carbonyl (C=O) groups excluding carboxylic acids is 1. The monoisotopic (exact) mass is 294 g/mol. The number of nitrogens with one attached hydrogen (secondary N) is 1. The zero-order valence-electron chi connectivity index (χ0n) is 11.0. The molecule has 5 N–H and O–H groups in total. The number of amides is 1. The van der Waals surface area contributed by atoms with E-state index in [-0.39, 0.29) is 5.82 Å². The number of carbonyl (C=O) groups is 1. The Morgan fingerprint density at radius 3 is 2.86 bits per heavy atom. The van der Waals surface area contributed by atoms with Crippen molar-refractivity contribution in [2.45, 2.75) is 24.5 Å². The first-order valence-corrected chi connectivity index (χ1v) is 6.20. The molecule has 3 rings (SSSR count). The molecule has 4 atom stereocenters. The van der Waals surface area contributed by atoms with Gasteiger partial charge >= 0.3 is 0 Å². The van der Waals surface area contributed by atoms with Crippen LogP contribution < -0.4 is 11.1 Å². The summed E-state index contributed by atoms with van der Waals surface area (Å²) in [5.41, 5.74) is 6.38. The maximum absolute atomic E-state index is 11.6. The van der Waals surface area contributed by atoms with Crippen LogP contribution in [0.3, 0.4) is 0 Å². The molecule has 2 aromatic heterocycles. The first-order valence-electron chi connectivity index (χ1n) is 6.20. The fourth-order valence-electron chi connectivity index (χ4n) is 2.30. The predicted molar refractivity (Wildman–Crippen MR) is 69.7 cm³/mol. The lowest BCUT2D eigenvalue weighted by Crippen LogP contribution is -2.41. The van der Waals surface area contributed by atoms with Crippen molar-refractivity contribution >= 4 is 22.9 Å². The lowest BCUT2D eigenvalue weighted by atomic mass is 10.1. The fourth-order valence-corrected chi connectivity index (χ4v) is 2.30. The van der Waals surface area contributed by atoms with Gasteiger partial charge in [0.2, 0.25) is 0 Å². The summed E-state index contributed by atoms with van der Waals surface area (Å²) in [5, 5.41) is 22.4. The molecule has 1 saturated heterocycles. The first kappa shape index (κ1) is 13.7. The summed E-state index contributed by atoms with van der Waals surface area (Å²) in [4.78, 5) is 23.5. The number of aliphatic hydroxyl groups is 2. The minimum absolute atomic E-state index is 0.189. The summed E-state index contributed by atoms with van der Waals surface area (Å²) in [6.45, 7) is 0. The molecular weight excluding hydrogens is 280 g/mol. The number of aliphatic hydroxyl groups excluding tert-OH is 2. The van der Waals surface area contributed by atoms with Gasteiger partial charge in [-0.25, -0.2) is 15.0 Å². The molecule has 0 saturated carbocycles. The molecule has 10 nitrogen and oxygen atoms in total. The summed E-state index contributed by atoms with van der Waals surface area (Å²) in [7, 11) is 1.42. The van der Waals surface area contributed by atoms with E-state index in [2.05, 4.69) is 20.3 Å². The molecule has 0 spiro atoms. The number of hydrogen-bond donors (Lipinski definition) is 4. The third-order valence-corrected chi connectivity index (χ3v) is 3.40. The van der Waals surface area contributed by atoms with E-state index < -0.39 is 30.4 Å². The number of rotatable bonds is 2. The molecule has 2 aromatic rings. The Balaban J connectivity index is 2.00. The molecule has 1 fully saturated rings. The van der Waals surface area contributed by atoms with E-state index >= 15 is 0 Å². The first-order chi connectivity index (χ1) is 10.0. The van der Waals surface area contributed by atoms with Gasteiger partial charge in [0.25, 0.3) is 5.91 Å². The van der Waals surface area contributed by atoms with Crippen LogP contribution in [0, 0.1) is 0 Å². The summed E-state index contributed by atoms with van der Waals surface area (Å²) in [5.74, 6) is -0.336. The van der Waals surface area contributed by atoms with Crippen LogP contribution in [0.4, 0.5) is 5.82 Å². The Kier molecular flexibility index (Phi) is 3.20. The van der Waals surface area contributed by atoms with E-state index in [9.17, 15) is 15.0 Å². The molecule has 1 aliphatic rings. The van der Waals surface area contributed by atoms with Gasteiger partial charge in [0.15, 0.2) is 23.8 Å². The number of nitrogens with zero attached hydrogens (tertiary/aromatic N) is 4. The number of ether oxygens (including phenoxy) is 1. The number of hydrogen-bond acceptors (Lipinski definition) is 8. The Labute approximate surface area is 118 Å². The Morgan fingerprint density at radius 2 is 2.14 bits per heavy atom. The van der Waals surface area contributed by atoms with Crippen LogP contribution in [0.1, 0.15) is 6.23 Å². The zero-order valence-corrected chi connectivity index (χ0v) is 11.0. The highest BCUT2D eigenvalue weighted by molar-refractivity contribution is 5.82. The average molecular weight is 294 g/mol. The maximum Gasteiger partial charge on any atom is 0.251 e. The molecule has 0 radical (unpaired) electrons. The van der Waals surface area contributed by atoms with Gasteiger partial charge in [-0.2, -0.15) is 0 Å². The summed E-state index contributed by atoms with van der Waals surface area (Å²) in [6.07, 6.45) is -2.22. The molecule has 112 valence electrons. The topological polar surface area (TPSA) is 148 Å². The number of likely N-dealkylation sites (N-methyl/N-ethyl adjacent to an activating group) is 1. The smallest absolute Gasteiger partial charge is 0.251 e. The van der Waals surface area contributed by atoms with Crippen molar-refractivity contribution in [3.8, 4) is 0 Å². The van der Waals surface area contributed by atoms with Crippen molar-refractivity contribution in [1.29, 1.82) is 0 Å². The highest BCUT2D eigenvalue weighted by Gasteiger charge is 2.47. The average Bonchev–Trinajstić information content (AvgIpc) is 3.02. The molecule has 0 bridgehead atoms. The molecule has 0 aromatic carbocycles. The van der Waals surface area contributed by atoms with Crippen molar-refractivity contribution in [3.63, 3.8) is 0 Å². The third-order valence-electron chi connectivity index (χ3n) is 3.40. The van der Waals surface area contributed by atoms with Crippen LogP contribution >= 0.6 is 0 Å². The van der Waals surface area contributed by atoms with Gasteiger partial charge in [-0.15, -0.1) is 0 Å². The number of imidazole rings is 1. The molecule has 10 heteroatoms. The van der Waals surface area contributed by atoms with Crippen molar-refractivity contribution < 1.29 is 19.7 Å². The molecule has 0 unspecified atom stereocenters. The van der Waals surface area contributed by atoms with Crippen molar-refractivity contribution in [3.05, 3.63) is 12.7 Å². The lowest BCUT2D eigenvalue weighted by molar-refractivity contribution is -0.137. The summed E-state index contributed by atoms with van der Waals surface area (Å²) < 4.78 is 6.85. The largest absolute Gasteiger partial charge is 0.387 e. The number of anilines is 1. The van der Waals surface area contributed by atoms with Gasteiger partial charge in [-0.1, -0.05) is 0 Å². The minimum atomic E-state index is -1.36. The van der Waals surface area contributed by atoms with E-state index in [1.165, 1.54) is 24.3 Å². The van der Waals surface area contributed by atoms with Gasteiger partial charge in [-0.3, -0.25) is 9.36 Å². The van der Waals surface area contributed by atoms with Crippen LogP contribution in [-0.2, 0) is 9.53 Å². The second kappa shape index (κ2) is 4.91. The Morgan fingerprint density at radius 1 is 1.38 bits per heavy atom. The summed E-state index contributed by atoms with van der Waals surface area (Å²) >= 11 is 0. The number of fused-ring (bicyclic) bond motifs is 1. The quantitative estimate of drug-likeness (QED) is 0.486. The number of nitrogens with two attached hydrogens (primary N) is 1. The zero-order chi connectivity index (χ0) is 15.1. The van der Waals surface area contributed by atoms with Crippen molar-refractivity contribution in [2.24, 2.45) is 0 Å². The minimum Gasteiger partial charge on any atom is -0.387 e. The maximum atomic E-state index is 11.6. The Bertz CT molecular complexity index is 688. The van der Waals surface area contributed by atoms with Crippen LogP contribution in [-0.4, -0.2) is 61.0 Å². The molecular formula is C11H14N6O4. The third kappa shape index (κ3) is 2.00. The van der Waals surface area contributed by atoms with E-state index in [0.717, 1.165) is 0 Å². The highest BCUT2D eigenvalue weighted by Crippen LogP contribution is 2.31. The lowest BCUT2D eigenvalue weighted by Gasteiger charge is -2.16. The molecule has 3 heterocycles. The van der Waals surface area contributed by atoms with Crippen LogP contribution in [0.15, 0.2) is 12.7 Å². The van der Waals surface area contributed by atoms with Gasteiger partial charge in [0, 0.05) is 7.05 Å². The van der Waals surface area contributed by atoms with E-state index in [1.54, 1.807) is 0 Å². The second-order valence-electron chi connectivity index (χ2n) is 4.63. The SMILES string of the molecule is CNC(=O)[C@H]1O[C@@H](n2cnc3c(N)ncnc32)[C@H](O)[C@H]1O. The molecule has 0 aliphatic carbocycles. The number of aromatic nitrogens is 4. The normalized spacial score (nSPS) is 28.9. The molecule has 21 heavy (non-hydrogen) atoms. The second-order valence-corrected chi connectivity index (χ2v) is 4.63. The van der Waals surface area contributed by atoms with Crippen molar-refractivity contribution in [2.75, 3.05) is 12.8 Å². The number of nitrogen functional groups attached to an aromatic ring is 1. The van der Waals surface area contributed by atoms with Crippen molar-refractivity contribution in [1.82, 2.24) is 24.8 Å². The van der Waals surface area contributed by atoms with Crippen LogP contribution in [0.5, 0.6) is 0 Å². The van der Waals surface area contributed by atoms with E-state index in [4.69, 9.17) is 10.5 Å². The van der Waals surface area contributed by atoms with Crippen LogP contribution in [0.2, 0.25) is 0 Å². The van der Waals surface area contributed by atoms with E-state index in [0.29, 0.717) is 11.2 Å². The van der Waals surface area contributed by atoms with Gasteiger partial charge in [-0.05, 0) is 0 Å². The standard InChI is InChI=1S/C11H14N6O4/c1-13-10(20)7-5(18)6(19)11(21-7)17-3-16-4-8(12)14-2-15-9(4)17/h2-3,5-7,11,18-19H,1H3,(H,13,20)(H2,12,14,15)/t5-,6-,7+,11-/m1/s1. The van der Waals surface area contributed by atoms with Gasteiger partial charge < -0.3 is 26.0 Å². The van der Waals surface area contributed by atoms with Gasteiger partial charge in [0.1, 0.15) is 24.1 Å². The fraction of sp³-hybridized carbons (Fsp3) is 0.455.